The molecular weight excluding hydrogens is 237 g/mol. The van der Waals surface area contributed by atoms with Crippen molar-refractivity contribution in [2.24, 2.45) is 0 Å². The summed E-state index contributed by atoms with van der Waals surface area (Å²) in [6.45, 7) is 0.453. The van der Waals surface area contributed by atoms with Crippen LogP contribution in [0.1, 0.15) is 5.56 Å². The van der Waals surface area contributed by atoms with Gasteiger partial charge in [-0.05, 0) is 35.1 Å². The third-order valence-corrected chi connectivity index (χ3v) is 2.34. The van der Waals surface area contributed by atoms with Crippen LogP contribution in [0.15, 0.2) is 16.6 Å². The van der Waals surface area contributed by atoms with Crippen molar-refractivity contribution >= 4 is 15.9 Å². The fraction of sp³-hybridized carbons (Fsp3) is 0.333. The van der Waals surface area contributed by atoms with Crippen molar-refractivity contribution in [1.82, 2.24) is 5.32 Å². The zero-order valence-corrected chi connectivity index (χ0v) is 9.11. The smallest absolute Gasteiger partial charge is 0.145 e. The van der Waals surface area contributed by atoms with Gasteiger partial charge < -0.3 is 10.1 Å². The molecule has 0 unspecified atom stereocenters. The first-order valence-electron chi connectivity index (χ1n) is 3.86. The van der Waals surface area contributed by atoms with Gasteiger partial charge in [0, 0.05) is 12.1 Å². The first-order valence-corrected chi connectivity index (χ1v) is 4.65. The Morgan fingerprint density at radius 1 is 1.54 bits per heavy atom. The molecule has 1 aromatic rings. The van der Waals surface area contributed by atoms with Crippen LogP contribution >= 0.6 is 15.9 Å². The maximum atomic E-state index is 13.5. The summed E-state index contributed by atoms with van der Waals surface area (Å²) in [5.74, 6) is 0.295. The van der Waals surface area contributed by atoms with Gasteiger partial charge in [0.15, 0.2) is 0 Å². The van der Waals surface area contributed by atoms with E-state index in [1.54, 1.807) is 19.2 Å². The van der Waals surface area contributed by atoms with E-state index in [-0.39, 0.29) is 5.82 Å². The fourth-order valence-corrected chi connectivity index (χ4v) is 1.48. The number of hydrogen-bond donors (Lipinski definition) is 1. The minimum atomic E-state index is -0.270. The molecule has 0 fully saturated rings. The van der Waals surface area contributed by atoms with E-state index in [1.165, 1.54) is 7.11 Å². The number of rotatable bonds is 3. The second-order valence-corrected chi connectivity index (χ2v) is 3.43. The van der Waals surface area contributed by atoms with Crippen molar-refractivity contribution in [2.75, 3.05) is 14.2 Å². The summed E-state index contributed by atoms with van der Waals surface area (Å²) < 4.78 is 19.0. The van der Waals surface area contributed by atoms with Gasteiger partial charge in [-0.2, -0.15) is 0 Å². The highest BCUT2D eigenvalue weighted by atomic mass is 79.9. The molecule has 1 N–H and O–H groups in total. The molecule has 0 spiro atoms. The largest absolute Gasteiger partial charge is 0.496 e. The Morgan fingerprint density at radius 2 is 2.23 bits per heavy atom. The topological polar surface area (TPSA) is 21.3 Å². The predicted molar refractivity (Wildman–Crippen MR) is 53.4 cm³/mol. The molecule has 2 nitrogen and oxygen atoms in total. The van der Waals surface area contributed by atoms with Crippen LogP contribution in [0.5, 0.6) is 5.75 Å². The lowest BCUT2D eigenvalue weighted by molar-refractivity contribution is 0.402. The Labute approximate surface area is 85.2 Å². The number of nitrogens with one attached hydrogen (secondary N) is 1. The number of methoxy groups -OCH3 is 1. The van der Waals surface area contributed by atoms with E-state index in [0.717, 1.165) is 0 Å². The number of ether oxygens (including phenoxy) is 1. The molecule has 0 aliphatic heterocycles. The van der Waals surface area contributed by atoms with Crippen LogP contribution in [0.4, 0.5) is 4.39 Å². The third-order valence-electron chi connectivity index (χ3n) is 1.73. The molecular formula is C9H11BrFNO. The van der Waals surface area contributed by atoms with E-state index in [0.29, 0.717) is 22.3 Å². The van der Waals surface area contributed by atoms with Crippen molar-refractivity contribution in [3.63, 3.8) is 0 Å². The molecule has 0 aromatic heterocycles. The second-order valence-electron chi connectivity index (χ2n) is 2.57. The van der Waals surface area contributed by atoms with Gasteiger partial charge in [0.2, 0.25) is 0 Å². The van der Waals surface area contributed by atoms with E-state index in [9.17, 15) is 4.39 Å². The summed E-state index contributed by atoms with van der Waals surface area (Å²) in [5.41, 5.74) is 0.541. The van der Waals surface area contributed by atoms with Crippen molar-refractivity contribution in [3.05, 3.63) is 28.0 Å². The normalized spacial score (nSPS) is 10.2. The maximum absolute atomic E-state index is 13.5. The average Bonchev–Trinajstić information content (AvgIpc) is 2.14. The van der Waals surface area contributed by atoms with E-state index in [4.69, 9.17) is 4.74 Å². The first kappa shape index (κ1) is 10.5. The highest BCUT2D eigenvalue weighted by Gasteiger charge is 2.11. The molecule has 0 saturated carbocycles. The summed E-state index contributed by atoms with van der Waals surface area (Å²) in [6.07, 6.45) is 0. The van der Waals surface area contributed by atoms with Crippen molar-refractivity contribution in [2.45, 2.75) is 6.54 Å². The number of benzene rings is 1. The first-order chi connectivity index (χ1) is 6.20. The summed E-state index contributed by atoms with van der Waals surface area (Å²) in [5, 5.41) is 2.89. The Morgan fingerprint density at radius 3 is 2.77 bits per heavy atom. The van der Waals surface area contributed by atoms with Crippen LogP contribution in [-0.4, -0.2) is 14.2 Å². The van der Waals surface area contributed by atoms with Crippen LogP contribution in [0.2, 0.25) is 0 Å². The summed E-state index contributed by atoms with van der Waals surface area (Å²) >= 11 is 3.12. The summed E-state index contributed by atoms with van der Waals surface area (Å²) in [4.78, 5) is 0. The molecule has 0 amide bonds. The van der Waals surface area contributed by atoms with Crippen LogP contribution in [0.25, 0.3) is 0 Å². The molecule has 1 rings (SSSR count). The second kappa shape index (κ2) is 4.58. The van der Waals surface area contributed by atoms with E-state index < -0.39 is 0 Å². The standard InChI is InChI=1S/C9H11BrFNO/c1-12-5-6-8(13-2)4-3-7(10)9(6)11/h3-4,12H,5H2,1-2H3. The van der Waals surface area contributed by atoms with E-state index in [2.05, 4.69) is 21.2 Å². The van der Waals surface area contributed by atoms with Crippen molar-refractivity contribution in [1.29, 1.82) is 0 Å². The van der Waals surface area contributed by atoms with Gasteiger partial charge >= 0.3 is 0 Å². The molecule has 0 radical (unpaired) electrons. The summed E-state index contributed by atoms with van der Waals surface area (Å²) in [7, 11) is 3.29. The van der Waals surface area contributed by atoms with Crippen LogP contribution in [-0.2, 0) is 6.54 Å². The van der Waals surface area contributed by atoms with Gasteiger partial charge in [-0.3, -0.25) is 0 Å². The maximum Gasteiger partial charge on any atom is 0.145 e. The minimum Gasteiger partial charge on any atom is -0.496 e. The van der Waals surface area contributed by atoms with Gasteiger partial charge in [0.1, 0.15) is 11.6 Å². The lowest BCUT2D eigenvalue weighted by Gasteiger charge is -2.09. The quantitative estimate of drug-likeness (QED) is 0.886. The minimum absolute atomic E-state index is 0.270. The Kier molecular flexibility index (Phi) is 3.69. The van der Waals surface area contributed by atoms with Crippen LogP contribution in [0.3, 0.4) is 0 Å². The Hall–Kier alpha value is -0.610. The Balaban J connectivity index is 3.15. The van der Waals surface area contributed by atoms with Gasteiger partial charge in [0.05, 0.1) is 11.6 Å². The van der Waals surface area contributed by atoms with Crippen LogP contribution < -0.4 is 10.1 Å². The zero-order chi connectivity index (χ0) is 9.84. The van der Waals surface area contributed by atoms with Gasteiger partial charge in [-0.25, -0.2) is 4.39 Å². The predicted octanol–water partition coefficient (Wildman–Crippen LogP) is 2.32. The number of halogens is 2. The Bertz CT molecular complexity index is 304. The van der Waals surface area contributed by atoms with E-state index >= 15 is 0 Å². The molecule has 0 bridgehead atoms. The molecule has 0 aliphatic carbocycles. The average molecular weight is 248 g/mol. The zero-order valence-electron chi connectivity index (χ0n) is 7.53. The molecule has 0 atom stereocenters. The van der Waals surface area contributed by atoms with Gasteiger partial charge in [0.25, 0.3) is 0 Å². The molecule has 4 heteroatoms. The lowest BCUT2D eigenvalue weighted by Crippen LogP contribution is -2.09. The van der Waals surface area contributed by atoms with Gasteiger partial charge in [-0.15, -0.1) is 0 Å². The molecule has 1 aromatic carbocycles. The molecule has 0 aliphatic rings. The highest BCUT2D eigenvalue weighted by Crippen LogP contribution is 2.27. The lowest BCUT2D eigenvalue weighted by atomic mass is 10.2. The molecule has 0 saturated heterocycles. The van der Waals surface area contributed by atoms with Gasteiger partial charge in [-0.1, -0.05) is 0 Å². The van der Waals surface area contributed by atoms with Crippen molar-refractivity contribution < 1.29 is 9.13 Å². The molecule has 72 valence electrons. The van der Waals surface area contributed by atoms with Crippen LogP contribution in [0, 0.1) is 5.82 Å². The summed E-state index contributed by atoms with van der Waals surface area (Å²) in [6, 6.07) is 3.37. The van der Waals surface area contributed by atoms with E-state index in [1.807, 2.05) is 0 Å². The third kappa shape index (κ3) is 2.19. The SMILES string of the molecule is CNCc1c(OC)ccc(Br)c1F. The fourth-order valence-electron chi connectivity index (χ4n) is 1.11. The molecule has 13 heavy (non-hydrogen) atoms. The number of hydrogen-bond acceptors (Lipinski definition) is 2. The monoisotopic (exact) mass is 247 g/mol. The highest BCUT2D eigenvalue weighted by molar-refractivity contribution is 9.10. The molecule has 0 heterocycles. The van der Waals surface area contributed by atoms with Crippen molar-refractivity contribution in [3.8, 4) is 5.75 Å².